The van der Waals surface area contributed by atoms with Crippen molar-refractivity contribution in [1.29, 1.82) is 0 Å². The number of hydrogen-bond donors (Lipinski definition) is 2. The summed E-state index contributed by atoms with van der Waals surface area (Å²) in [6.07, 6.45) is -1.04. The Labute approximate surface area is 170 Å². The van der Waals surface area contributed by atoms with Crippen LogP contribution in [0.25, 0.3) is 0 Å². The molecule has 7 nitrogen and oxygen atoms in total. The van der Waals surface area contributed by atoms with Crippen LogP contribution >= 0.6 is 0 Å². The van der Waals surface area contributed by atoms with Gasteiger partial charge in [-0.15, -0.1) is 0 Å². The molecule has 154 valence electrons. The number of benzene rings is 2. The van der Waals surface area contributed by atoms with Gasteiger partial charge in [0.25, 0.3) is 0 Å². The Morgan fingerprint density at radius 2 is 1.72 bits per heavy atom. The normalized spacial score (nSPS) is 20.5. The molecule has 2 atom stereocenters. The molecule has 0 aliphatic carbocycles. The van der Waals surface area contributed by atoms with Gasteiger partial charge in [0.2, 0.25) is 5.91 Å². The maximum atomic E-state index is 12.6. The molecular weight excluding hydrogens is 392 g/mol. The Bertz CT molecular complexity index is 974. The van der Waals surface area contributed by atoms with Gasteiger partial charge >= 0.3 is 0 Å². The molecule has 1 aliphatic heterocycles. The molecule has 1 amide bonds. The predicted molar refractivity (Wildman–Crippen MR) is 110 cm³/mol. The number of hydrogen-bond acceptors (Lipinski definition) is 6. The van der Waals surface area contributed by atoms with E-state index in [1.165, 1.54) is 6.92 Å². The van der Waals surface area contributed by atoms with Crippen LogP contribution in [0.5, 0.6) is 0 Å². The lowest BCUT2D eigenvalue weighted by atomic mass is 10.1. The van der Waals surface area contributed by atoms with E-state index in [0.29, 0.717) is 17.8 Å². The van der Waals surface area contributed by atoms with Crippen LogP contribution in [0.3, 0.4) is 0 Å². The summed E-state index contributed by atoms with van der Waals surface area (Å²) in [6.45, 7) is 1.74. The van der Waals surface area contributed by atoms with Crippen LogP contribution < -0.4 is 5.32 Å². The van der Waals surface area contributed by atoms with Crippen LogP contribution in [0, 0.1) is 0 Å². The van der Waals surface area contributed by atoms with Crippen molar-refractivity contribution in [3.05, 3.63) is 65.7 Å². The van der Waals surface area contributed by atoms with Crippen molar-refractivity contribution in [1.82, 2.24) is 4.90 Å². The van der Waals surface area contributed by atoms with Crippen molar-refractivity contribution < 1.29 is 23.1 Å². The molecule has 2 aromatic rings. The highest BCUT2D eigenvalue weighted by Crippen LogP contribution is 2.21. The van der Waals surface area contributed by atoms with Crippen molar-refractivity contribution in [2.24, 2.45) is 0 Å². The maximum Gasteiger partial charge on any atom is 0.238 e. The fourth-order valence-corrected chi connectivity index (χ4v) is 5.27. The average Bonchev–Trinajstić information content (AvgIpc) is 2.95. The first-order valence-electron chi connectivity index (χ1n) is 9.31. The molecule has 0 bridgehead atoms. The maximum absolute atomic E-state index is 12.6. The topological polar surface area (TPSA) is 104 Å². The third-order valence-corrected chi connectivity index (χ3v) is 6.61. The molecule has 1 saturated heterocycles. The van der Waals surface area contributed by atoms with Crippen LogP contribution in [-0.2, 0) is 21.2 Å². The quantitative estimate of drug-likeness (QED) is 0.663. The number of Topliss-reactive ketones (excluding diaryl/α,β-unsaturated/α-hetero) is 1. The van der Waals surface area contributed by atoms with E-state index in [2.05, 4.69) is 5.32 Å². The third-order valence-electron chi connectivity index (χ3n) is 4.91. The van der Waals surface area contributed by atoms with Gasteiger partial charge in [0.05, 0.1) is 30.2 Å². The number of rotatable bonds is 7. The molecule has 2 unspecified atom stereocenters. The molecule has 8 heteroatoms. The fraction of sp³-hybridized carbons (Fsp3) is 0.333. The predicted octanol–water partition coefficient (Wildman–Crippen LogP) is 1.49. The zero-order valence-corrected chi connectivity index (χ0v) is 16.9. The van der Waals surface area contributed by atoms with E-state index in [0.717, 1.165) is 5.56 Å². The molecule has 3 rings (SSSR count). The van der Waals surface area contributed by atoms with Gasteiger partial charge in [0.15, 0.2) is 15.6 Å². The summed E-state index contributed by atoms with van der Waals surface area (Å²) in [4.78, 5) is 25.7. The minimum Gasteiger partial charge on any atom is -0.390 e. The Hall–Kier alpha value is -2.55. The third kappa shape index (κ3) is 5.72. The number of carbonyl (C=O) groups excluding carboxylic acids is 2. The lowest BCUT2D eigenvalue weighted by Crippen LogP contribution is -2.46. The number of aliphatic hydroxyl groups excluding tert-OH is 1. The number of nitrogens with zero attached hydrogens (tertiary/aromatic N) is 1. The molecule has 1 fully saturated rings. The molecule has 0 aromatic heterocycles. The van der Waals surface area contributed by atoms with Crippen LogP contribution in [0.1, 0.15) is 22.8 Å². The Balaban J connectivity index is 1.73. The molecule has 2 N–H and O–H groups in total. The zero-order chi connectivity index (χ0) is 21.0. The summed E-state index contributed by atoms with van der Waals surface area (Å²) in [7, 11) is -3.34. The van der Waals surface area contributed by atoms with Gasteiger partial charge < -0.3 is 10.4 Å². The van der Waals surface area contributed by atoms with Crippen LogP contribution in [-0.4, -0.2) is 60.3 Å². The Morgan fingerprint density at radius 1 is 1.07 bits per heavy atom. The van der Waals surface area contributed by atoms with Crippen LogP contribution in [0.4, 0.5) is 5.69 Å². The number of carbonyl (C=O) groups is 2. The monoisotopic (exact) mass is 416 g/mol. The smallest absolute Gasteiger partial charge is 0.238 e. The van der Waals surface area contributed by atoms with Gasteiger partial charge in [-0.2, -0.15) is 0 Å². The van der Waals surface area contributed by atoms with Gasteiger partial charge in [0, 0.05) is 17.8 Å². The molecule has 1 aliphatic rings. The summed E-state index contributed by atoms with van der Waals surface area (Å²) in [5.41, 5.74) is 2.01. The number of sulfone groups is 1. The number of anilines is 1. The molecule has 1 heterocycles. The lowest BCUT2D eigenvalue weighted by Gasteiger charge is -2.29. The molecule has 0 saturated carbocycles. The summed E-state index contributed by atoms with van der Waals surface area (Å²) < 4.78 is 23.9. The van der Waals surface area contributed by atoms with Crippen LogP contribution in [0.2, 0.25) is 0 Å². The van der Waals surface area contributed by atoms with Crippen molar-refractivity contribution in [2.75, 3.05) is 23.4 Å². The summed E-state index contributed by atoms with van der Waals surface area (Å²) in [5, 5.41) is 13.0. The minimum atomic E-state index is -3.34. The second-order valence-electron chi connectivity index (χ2n) is 7.28. The highest BCUT2D eigenvalue weighted by molar-refractivity contribution is 7.91. The highest BCUT2D eigenvalue weighted by Gasteiger charge is 2.40. The average molecular weight is 416 g/mol. The number of amides is 1. The molecular formula is C21H24N2O5S. The van der Waals surface area contributed by atoms with E-state index < -0.39 is 22.0 Å². The van der Waals surface area contributed by atoms with Gasteiger partial charge in [-0.1, -0.05) is 30.3 Å². The van der Waals surface area contributed by atoms with Gasteiger partial charge in [-0.05, 0) is 36.8 Å². The SMILES string of the molecule is CC(=O)c1ccc(NC(=O)CN(Cc2ccccc2)C2CS(=O)(=O)CC2O)cc1. The molecule has 0 spiro atoms. The first kappa shape index (κ1) is 21.2. The number of ketones is 1. The van der Waals surface area contributed by atoms with Crippen molar-refractivity contribution in [3.8, 4) is 0 Å². The lowest BCUT2D eigenvalue weighted by molar-refractivity contribution is -0.118. The van der Waals surface area contributed by atoms with Crippen molar-refractivity contribution in [3.63, 3.8) is 0 Å². The van der Waals surface area contributed by atoms with E-state index in [1.54, 1.807) is 29.2 Å². The second kappa shape index (κ2) is 8.86. The second-order valence-corrected chi connectivity index (χ2v) is 9.44. The van der Waals surface area contributed by atoms with E-state index in [9.17, 15) is 23.1 Å². The summed E-state index contributed by atoms with van der Waals surface area (Å²) in [6, 6.07) is 15.3. The Kier molecular flexibility index (Phi) is 6.46. The first-order chi connectivity index (χ1) is 13.7. The first-order valence-corrected chi connectivity index (χ1v) is 11.1. The van der Waals surface area contributed by atoms with Gasteiger partial charge in [-0.25, -0.2) is 8.42 Å². The highest BCUT2D eigenvalue weighted by atomic mass is 32.2. The fourth-order valence-electron chi connectivity index (χ4n) is 3.44. The van der Waals surface area contributed by atoms with Gasteiger partial charge in [0.1, 0.15) is 0 Å². The molecule has 2 aromatic carbocycles. The molecule has 0 radical (unpaired) electrons. The minimum absolute atomic E-state index is 0.0617. The summed E-state index contributed by atoms with van der Waals surface area (Å²) >= 11 is 0. The summed E-state index contributed by atoms with van der Waals surface area (Å²) in [5.74, 6) is -0.861. The van der Waals surface area contributed by atoms with Gasteiger partial charge in [-0.3, -0.25) is 14.5 Å². The van der Waals surface area contributed by atoms with E-state index in [-0.39, 0.29) is 29.7 Å². The Morgan fingerprint density at radius 3 is 2.28 bits per heavy atom. The van der Waals surface area contributed by atoms with Crippen molar-refractivity contribution >= 4 is 27.2 Å². The van der Waals surface area contributed by atoms with Crippen molar-refractivity contribution in [2.45, 2.75) is 25.6 Å². The van der Waals surface area contributed by atoms with E-state index in [4.69, 9.17) is 0 Å². The van der Waals surface area contributed by atoms with Crippen LogP contribution in [0.15, 0.2) is 54.6 Å². The molecule has 29 heavy (non-hydrogen) atoms. The zero-order valence-electron chi connectivity index (χ0n) is 16.1. The van der Waals surface area contributed by atoms with E-state index >= 15 is 0 Å². The van der Waals surface area contributed by atoms with E-state index in [1.807, 2.05) is 30.3 Å². The standard InChI is InChI=1S/C21H24N2O5S/c1-15(24)17-7-9-18(10-8-17)22-21(26)12-23(11-16-5-3-2-4-6-16)19-13-29(27,28)14-20(19)25/h2-10,19-20,25H,11-14H2,1H3,(H,22,26). The number of aliphatic hydroxyl groups is 1. The number of nitrogens with one attached hydrogen (secondary N) is 1. The largest absolute Gasteiger partial charge is 0.390 e.